The number of halogens is 6. The molecule has 0 fully saturated rings. The van der Waals surface area contributed by atoms with Gasteiger partial charge in [0.05, 0.1) is 6.10 Å². The van der Waals surface area contributed by atoms with Gasteiger partial charge in [-0.2, -0.15) is 0 Å². The monoisotopic (exact) mass is 604 g/mol. The number of hydrogen-bond donors (Lipinski definition) is 2. The van der Waals surface area contributed by atoms with Crippen molar-refractivity contribution in [2.24, 2.45) is 0 Å². The Morgan fingerprint density at radius 1 is 1.10 bits per heavy atom. The second kappa shape index (κ2) is 10.5. The molecule has 0 bridgehead atoms. The van der Waals surface area contributed by atoms with Gasteiger partial charge in [-0.05, 0) is 12.8 Å². The van der Waals surface area contributed by atoms with E-state index in [2.05, 4.69) is 63.7 Å². The van der Waals surface area contributed by atoms with Gasteiger partial charge in [0.1, 0.15) is 4.33 Å². The molecule has 0 spiro atoms. The summed E-state index contributed by atoms with van der Waals surface area (Å²) in [5.74, 6) is 0. The van der Waals surface area contributed by atoms with Gasteiger partial charge in [0.25, 0.3) is 0 Å². The Bertz CT molecular complexity index is 331. The van der Waals surface area contributed by atoms with Crippen LogP contribution < -0.4 is 0 Å². The summed E-state index contributed by atoms with van der Waals surface area (Å²) >= 11 is 25.8. The van der Waals surface area contributed by atoms with E-state index in [1.54, 1.807) is 0 Å². The SMILES string of the molecule is O=P(O)(O)OC(CC(Br)CBr)CC(Cl)(Cl)CC(Br)CBr. The zero-order valence-electron chi connectivity index (χ0n) is 10.2. The van der Waals surface area contributed by atoms with E-state index in [0.717, 1.165) is 0 Å². The Balaban J connectivity index is 4.72. The Hall–Kier alpha value is 2.61. The minimum atomic E-state index is -4.59. The third-order valence-corrected chi connectivity index (χ3v) is 8.02. The normalized spacial score (nSPS) is 17.8. The van der Waals surface area contributed by atoms with Crippen molar-refractivity contribution in [3.63, 3.8) is 0 Å². The standard InChI is InChI=1S/C9H15Br4Cl2O4P/c10-4-6(12)1-8(19-20(16,17)18)3-9(14,15)2-7(13)5-11/h6-8H,1-5H2,(H2,16,17,18). The molecule has 3 atom stereocenters. The predicted molar refractivity (Wildman–Crippen MR) is 98.2 cm³/mol. The van der Waals surface area contributed by atoms with Crippen LogP contribution in [0.4, 0.5) is 0 Å². The minimum Gasteiger partial charge on any atom is -0.303 e. The summed E-state index contributed by atoms with van der Waals surface area (Å²) in [6.45, 7) is 0. The van der Waals surface area contributed by atoms with Crippen LogP contribution in [0.25, 0.3) is 0 Å². The molecule has 0 heterocycles. The van der Waals surface area contributed by atoms with Gasteiger partial charge in [-0.3, -0.25) is 4.52 Å². The average molecular weight is 609 g/mol. The molecule has 0 aromatic rings. The molecule has 0 rings (SSSR count). The summed E-state index contributed by atoms with van der Waals surface area (Å²) in [4.78, 5) is 18.0. The Labute approximate surface area is 162 Å². The molecule has 122 valence electrons. The van der Waals surface area contributed by atoms with Crippen molar-refractivity contribution in [3.8, 4) is 0 Å². The lowest BCUT2D eigenvalue weighted by atomic mass is 10.1. The molecule has 0 saturated heterocycles. The van der Waals surface area contributed by atoms with Gasteiger partial charge in [0.2, 0.25) is 0 Å². The molecular weight excluding hydrogens is 594 g/mol. The lowest BCUT2D eigenvalue weighted by molar-refractivity contribution is 0.117. The van der Waals surface area contributed by atoms with E-state index in [0.29, 0.717) is 23.5 Å². The lowest BCUT2D eigenvalue weighted by Gasteiger charge is -2.28. The summed E-state index contributed by atoms with van der Waals surface area (Å²) in [5, 5.41) is 1.29. The van der Waals surface area contributed by atoms with E-state index in [1.807, 2.05) is 0 Å². The summed E-state index contributed by atoms with van der Waals surface area (Å²) in [6.07, 6.45) is 0.163. The van der Waals surface area contributed by atoms with Crippen LogP contribution in [-0.2, 0) is 9.09 Å². The molecule has 0 amide bonds. The van der Waals surface area contributed by atoms with Crippen LogP contribution in [0.1, 0.15) is 19.3 Å². The highest BCUT2D eigenvalue weighted by molar-refractivity contribution is 9.12. The molecule has 11 heteroatoms. The molecule has 3 unspecified atom stereocenters. The molecule has 0 aliphatic heterocycles. The smallest absolute Gasteiger partial charge is 0.303 e. The fourth-order valence-electron chi connectivity index (χ4n) is 1.50. The fraction of sp³-hybridized carbons (Fsp3) is 1.00. The van der Waals surface area contributed by atoms with Gasteiger partial charge in [0, 0.05) is 26.7 Å². The average Bonchev–Trinajstić information content (AvgIpc) is 2.24. The van der Waals surface area contributed by atoms with E-state index in [9.17, 15) is 4.57 Å². The Morgan fingerprint density at radius 2 is 1.60 bits per heavy atom. The van der Waals surface area contributed by atoms with Crippen molar-refractivity contribution in [2.45, 2.75) is 39.4 Å². The lowest BCUT2D eigenvalue weighted by Crippen LogP contribution is -2.29. The van der Waals surface area contributed by atoms with Crippen LogP contribution in [-0.4, -0.2) is 40.5 Å². The van der Waals surface area contributed by atoms with E-state index >= 15 is 0 Å². The molecule has 0 aromatic carbocycles. The number of phosphoric ester groups is 1. The van der Waals surface area contributed by atoms with Crippen LogP contribution in [0, 0.1) is 0 Å². The maximum Gasteiger partial charge on any atom is 0.469 e. The maximum absolute atomic E-state index is 11.0. The molecule has 4 nitrogen and oxygen atoms in total. The van der Waals surface area contributed by atoms with Crippen molar-refractivity contribution < 1.29 is 18.9 Å². The quantitative estimate of drug-likeness (QED) is 0.267. The number of phosphoric acid groups is 1. The van der Waals surface area contributed by atoms with Gasteiger partial charge >= 0.3 is 7.82 Å². The molecule has 0 radical (unpaired) electrons. The van der Waals surface area contributed by atoms with Crippen molar-refractivity contribution in [1.29, 1.82) is 0 Å². The second-order valence-corrected chi connectivity index (χ2v) is 10.9. The van der Waals surface area contributed by atoms with Crippen LogP contribution in [0.2, 0.25) is 0 Å². The molecule has 2 N–H and O–H groups in total. The third kappa shape index (κ3) is 12.1. The predicted octanol–water partition coefficient (Wildman–Crippen LogP) is 5.13. The highest BCUT2D eigenvalue weighted by Gasteiger charge is 2.34. The molecule has 0 aliphatic carbocycles. The van der Waals surface area contributed by atoms with Crippen LogP contribution in [0.5, 0.6) is 0 Å². The third-order valence-electron chi connectivity index (χ3n) is 2.19. The van der Waals surface area contributed by atoms with E-state index in [4.69, 9.17) is 37.5 Å². The molecule has 0 saturated carbocycles. The van der Waals surface area contributed by atoms with Crippen molar-refractivity contribution >= 4 is 94.7 Å². The number of hydrogen-bond acceptors (Lipinski definition) is 2. The first kappa shape index (κ1) is 22.6. The van der Waals surface area contributed by atoms with Crippen molar-refractivity contribution in [3.05, 3.63) is 0 Å². The fourth-order valence-corrected chi connectivity index (χ4v) is 4.60. The van der Waals surface area contributed by atoms with Gasteiger partial charge in [-0.25, -0.2) is 4.57 Å². The zero-order valence-corrected chi connectivity index (χ0v) is 18.9. The Kier molecular flexibility index (Phi) is 11.8. The summed E-state index contributed by atoms with van der Waals surface area (Å²) < 4.78 is 14.7. The van der Waals surface area contributed by atoms with E-state index in [-0.39, 0.29) is 16.1 Å². The van der Waals surface area contributed by atoms with Crippen molar-refractivity contribution in [1.82, 2.24) is 0 Å². The first-order chi connectivity index (χ1) is 8.99. The number of alkyl halides is 6. The van der Waals surface area contributed by atoms with Crippen LogP contribution in [0.3, 0.4) is 0 Å². The summed E-state index contributed by atoms with van der Waals surface area (Å²) in [7, 11) is -4.59. The van der Waals surface area contributed by atoms with Crippen molar-refractivity contribution in [2.75, 3.05) is 10.7 Å². The molecule has 0 aromatic heterocycles. The summed E-state index contributed by atoms with van der Waals surface area (Å²) in [6, 6.07) is 0. The molecule has 20 heavy (non-hydrogen) atoms. The Morgan fingerprint density at radius 3 is 2.00 bits per heavy atom. The maximum atomic E-state index is 11.0. The molecular formula is C9H15Br4Cl2O4P. The minimum absolute atomic E-state index is 0.000810. The van der Waals surface area contributed by atoms with Gasteiger partial charge in [-0.15, -0.1) is 23.2 Å². The van der Waals surface area contributed by atoms with Crippen LogP contribution in [0.15, 0.2) is 0 Å². The summed E-state index contributed by atoms with van der Waals surface area (Å²) in [5.41, 5.74) is 0. The zero-order chi connectivity index (χ0) is 16.0. The number of rotatable bonds is 10. The van der Waals surface area contributed by atoms with Gasteiger partial charge in [-0.1, -0.05) is 63.7 Å². The van der Waals surface area contributed by atoms with E-state index in [1.165, 1.54) is 0 Å². The highest BCUT2D eigenvalue weighted by Crippen LogP contribution is 2.44. The van der Waals surface area contributed by atoms with E-state index < -0.39 is 18.3 Å². The first-order valence-corrected chi connectivity index (χ1v) is 11.9. The highest BCUT2D eigenvalue weighted by atomic mass is 79.9. The topological polar surface area (TPSA) is 66.8 Å². The molecule has 0 aliphatic rings. The first-order valence-electron chi connectivity index (χ1n) is 5.51. The van der Waals surface area contributed by atoms with Crippen LogP contribution >= 0.6 is 94.7 Å². The van der Waals surface area contributed by atoms with Gasteiger partial charge < -0.3 is 9.79 Å². The van der Waals surface area contributed by atoms with Gasteiger partial charge in [0.15, 0.2) is 0 Å². The second-order valence-electron chi connectivity index (χ2n) is 4.22. The largest absolute Gasteiger partial charge is 0.469 e.